The fourth-order valence-electron chi connectivity index (χ4n) is 2.60. The van der Waals surface area contributed by atoms with Crippen molar-refractivity contribution in [3.63, 3.8) is 0 Å². The van der Waals surface area contributed by atoms with Crippen LogP contribution in [0.3, 0.4) is 0 Å². The number of hydrogen-bond donors (Lipinski definition) is 1. The molecule has 1 amide bonds. The summed E-state index contributed by atoms with van der Waals surface area (Å²) in [5.74, 6) is 0.889. The zero-order valence-electron chi connectivity index (χ0n) is 10.7. The Bertz CT molecular complexity index is 500. The SMILES string of the molecule is CC1OCc2ncnc(N3CCN(C(=O)O)CC3)c21. The van der Waals surface area contributed by atoms with Crippen LogP contribution in [0.15, 0.2) is 6.33 Å². The lowest BCUT2D eigenvalue weighted by molar-refractivity contribution is 0.0787. The molecule has 3 rings (SSSR count). The van der Waals surface area contributed by atoms with Gasteiger partial charge in [0.15, 0.2) is 0 Å². The van der Waals surface area contributed by atoms with Gasteiger partial charge in [-0.15, -0.1) is 0 Å². The maximum Gasteiger partial charge on any atom is 0.407 e. The van der Waals surface area contributed by atoms with Gasteiger partial charge in [-0.05, 0) is 6.92 Å². The highest BCUT2D eigenvalue weighted by Crippen LogP contribution is 2.35. The van der Waals surface area contributed by atoms with Crippen LogP contribution in [0.5, 0.6) is 0 Å². The first-order chi connectivity index (χ1) is 9.16. The summed E-state index contributed by atoms with van der Waals surface area (Å²) < 4.78 is 5.58. The Kier molecular flexibility index (Phi) is 2.98. The molecule has 2 aliphatic rings. The van der Waals surface area contributed by atoms with E-state index in [4.69, 9.17) is 9.84 Å². The number of anilines is 1. The number of aromatic nitrogens is 2. The van der Waals surface area contributed by atoms with E-state index >= 15 is 0 Å². The summed E-state index contributed by atoms with van der Waals surface area (Å²) in [5.41, 5.74) is 1.99. The first kappa shape index (κ1) is 12.2. The van der Waals surface area contributed by atoms with Gasteiger partial charge in [0.05, 0.1) is 18.4 Å². The average Bonchev–Trinajstić information content (AvgIpc) is 2.81. The van der Waals surface area contributed by atoms with Gasteiger partial charge in [0.1, 0.15) is 12.1 Å². The molecule has 2 aliphatic heterocycles. The number of fused-ring (bicyclic) bond motifs is 1. The molecule has 1 aromatic rings. The Balaban J connectivity index is 1.81. The lowest BCUT2D eigenvalue weighted by atomic mass is 10.1. The van der Waals surface area contributed by atoms with Gasteiger partial charge in [0.2, 0.25) is 0 Å². The highest BCUT2D eigenvalue weighted by molar-refractivity contribution is 5.65. The van der Waals surface area contributed by atoms with Crippen molar-refractivity contribution in [1.82, 2.24) is 14.9 Å². The third-order valence-corrected chi connectivity index (χ3v) is 3.67. The normalized spacial score (nSPS) is 22.5. The number of carbonyl (C=O) groups is 1. The minimum atomic E-state index is -0.857. The molecule has 0 saturated carbocycles. The average molecular weight is 264 g/mol. The second-order valence-corrected chi connectivity index (χ2v) is 4.77. The van der Waals surface area contributed by atoms with E-state index in [-0.39, 0.29) is 6.10 Å². The van der Waals surface area contributed by atoms with Crippen molar-refractivity contribution >= 4 is 11.9 Å². The van der Waals surface area contributed by atoms with Crippen LogP contribution in [0.1, 0.15) is 24.3 Å². The van der Waals surface area contributed by atoms with E-state index < -0.39 is 6.09 Å². The van der Waals surface area contributed by atoms with Crippen molar-refractivity contribution in [2.75, 3.05) is 31.1 Å². The number of nitrogens with zero attached hydrogens (tertiary/aromatic N) is 4. The van der Waals surface area contributed by atoms with Crippen molar-refractivity contribution < 1.29 is 14.6 Å². The molecule has 0 aliphatic carbocycles. The van der Waals surface area contributed by atoms with Crippen molar-refractivity contribution in [1.29, 1.82) is 0 Å². The van der Waals surface area contributed by atoms with Crippen LogP contribution in [0, 0.1) is 0 Å². The Morgan fingerprint density at radius 3 is 2.79 bits per heavy atom. The number of rotatable bonds is 1. The van der Waals surface area contributed by atoms with Gasteiger partial charge in [-0.25, -0.2) is 14.8 Å². The molecule has 7 heteroatoms. The van der Waals surface area contributed by atoms with Gasteiger partial charge in [0, 0.05) is 31.7 Å². The molecule has 1 aromatic heterocycles. The molecule has 0 aromatic carbocycles. The first-order valence-corrected chi connectivity index (χ1v) is 6.35. The summed E-state index contributed by atoms with van der Waals surface area (Å²) in [7, 11) is 0. The molecule has 3 heterocycles. The van der Waals surface area contributed by atoms with E-state index in [1.165, 1.54) is 4.90 Å². The number of amides is 1. The number of ether oxygens (including phenoxy) is 1. The van der Waals surface area contributed by atoms with Crippen LogP contribution < -0.4 is 4.90 Å². The predicted octanol–water partition coefficient (Wildman–Crippen LogP) is 0.868. The third-order valence-electron chi connectivity index (χ3n) is 3.67. The van der Waals surface area contributed by atoms with Crippen LogP contribution in [-0.4, -0.2) is 52.2 Å². The Morgan fingerprint density at radius 2 is 2.11 bits per heavy atom. The molecule has 19 heavy (non-hydrogen) atoms. The van der Waals surface area contributed by atoms with Crippen LogP contribution in [0.25, 0.3) is 0 Å². The Labute approximate surface area is 110 Å². The zero-order chi connectivity index (χ0) is 13.4. The molecule has 1 N–H and O–H groups in total. The number of carboxylic acid groups (broad SMARTS) is 1. The molecule has 0 bridgehead atoms. The second kappa shape index (κ2) is 4.65. The van der Waals surface area contributed by atoms with Gasteiger partial charge >= 0.3 is 6.09 Å². The molecule has 1 atom stereocenters. The standard InChI is InChI=1S/C12H16N4O3/c1-8-10-9(6-19-8)13-7-14-11(10)15-2-4-16(5-3-15)12(17)18/h7-8H,2-6H2,1H3,(H,17,18). The lowest BCUT2D eigenvalue weighted by Crippen LogP contribution is -2.48. The van der Waals surface area contributed by atoms with Crippen molar-refractivity contribution in [3.05, 3.63) is 17.6 Å². The predicted molar refractivity (Wildman–Crippen MR) is 67.0 cm³/mol. The summed E-state index contributed by atoms with van der Waals surface area (Å²) in [6.45, 7) is 4.84. The molecule has 7 nitrogen and oxygen atoms in total. The first-order valence-electron chi connectivity index (χ1n) is 6.35. The fraction of sp³-hybridized carbons (Fsp3) is 0.583. The molecular formula is C12H16N4O3. The van der Waals surface area contributed by atoms with Gasteiger partial charge in [-0.1, -0.05) is 0 Å². The molecule has 0 radical (unpaired) electrons. The summed E-state index contributed by atoms with van der Waals surface area (Å²) in [6, 6.07) is 0. The maximum absolute atomic E-state index is 10.9. The fourth-order valence-corrected chi connectivity index (χ4v) is 2.60. The molecule has 1 saturated heterocycles. The van der Waals surface area contributed by atoms with Gasteiger partial charge in [0.25, 0.3) is 0 Å². The van der Waals surface area contributed by atoms with Crippen LogP contribution in [-0.2, 0) is 11.3 Å². The topological polar surface area (TPSA) is 78.8 Å². The molecule has 0 spiro atoms. The summed E-state index contributed by atoms with van der Waals surface area (Å²) in [6.07, 6.45) is 0.701. The van der Waals surface area contributed by atoms with Gasteiger partial charge < -0.3 is 19.6 Å². The molecule has 102 valence electrons. The number of hydrogen-bond acceptors (Lipinski definition) is 5. The number of piperazine rings is 1. The summed E-state index contributed by atoms with van der Waals surface area (Å²) >= 11 is 0. The third kappa shape index (κ3) is 2.10. The van der Waals surface area contributed by atoms with Crippen molar-refractivity contribution in [2.45, 2.75) is 19.6 Å². The quantitative estimate of drug-likeness (QED) is 0.810. The second-order valence-electron chi connectivity index (χ2n) is 4.77. The monoisotopic (exact) mass is 264 g/mol. The minimum Gasteiger partial charge on any atom is -0.465 e. The van der Waals surface area contributed by atoms with Crippen LogP contribution >= 0.6 is 0 Å². The van der Waals surface area contributed by atoms with Crippen molar-refractivity contribution in [3.8, 4) is 0 Å². The van der Waals surface area contributed by atoms with Gasteiger partial charge in [-0.3, -0.25) is 0 Å². The van der Waals surface area contributed by atoms with Gasteiger partial charge in [-0.2, -0.15) is 0 Å². The highest BCUT2D eigenvalue weighted by atomic mass is 16.5. The highest BCUT2D eigenvalue weighted by Gasteiger charge is 2.29. The summed E-state index contributed by atoms with van der Waals surface area (Å²) in [5, 5.41) is 8.95. The van der Waals surface area contributed by atoms with Crippen LogP contribution in [0.4, 0.5) is 10.6 Å². The largest absolute Gasteiger partial charge is 0.465 e. The van der Waals surface area contributed by atoms with Crippen molar-refractivity contribution in [2.24, 2.45) is 0 Å². The van der Waals surface area contributed by atoms with E-state index in [0.29, 0.717) is 32.8 Å². The van der Waals surface area contributed by atoms with E-state index in [2.05, 4.69) is 14.9 Å². The summed E-state index contributed by atoms with van der Waals surface area (Å²) in [4.78, 5) is 23.0. The maximum atomic E-state index is 10.9. The van der Waals surface area contributed by atoms with E-state index in [9.17, 15) is 4.79 Å². The van der Waals surface area contributed by atoms with E-state index in [1.54, 1.807) is 6.33 Å². The Hall–Kier alpha value is -1.89. The molecule has 1 fully saturated rings. The molecule has 1 unspecified atom stereocenters. The minimum absolute atomic E-state index is 0.00343. The lowest BCUT2D eigenvalue weighted by Gasteiger charge is -2.34. The van der Waals surface area contributed by atoms with E-state index in [1.807, 2.05) is 6.92 Å². The zero-order valence-corrected chi connectivity index (χ0v) is 10.7. The molecular weight excluding hydrogens is 248 g/mol. The van der Waals surface area contributed by atoms with Crippen LogP contribution in [0.2, 0.25) is 0 Å². The Morgan fingerprint density at radius 1 is 1.37 bits per heavy atom. The van der Waals surface area contributed by atoms with E-state index in [0.717, 1.165) is 17.1 Å². The smallest absolute Gasteiger partial charge is 0.407 e.